The van der Waals surface area contributed by atoms with Crippen molar-refractivity contribution in [2.24, 2.45) is 11.8 Å². The summed E-state index contributed by atoms with van der Waals surface area (Å²) in [6, 6.07) is 0. The van der Waals surface area contributed by atoms with Crippen LogP contribution in [0.4, 0.5) is 0 Å². The first kappa shape index (κ1) is 22.6. The molecule has 0 bridgehead atoms. The molecule has 0 amide bonds. The molecule has 2 rings (SSSR count). The van der Waals surface area contributed by atoms with Gasteiger partial charge in [-0.05, 0) is 51.4 Å². The minimum absolute atomic E-state index is 0.147. The molecule has 0 spiro atoms. The zero-order valence-electron chi connectivity index (χ0n) is 16.8. The number of esters is 2. The Balaban J connectivity index is 1.51. The minimum Gasteiger partial charge on any atom is -0.462 e. The van der Waals surface area contributed by atoms with Crippen LogP contribution in [0.2, 0.25) is 0 Å². The number of rotatable bonds is 11. The number of carbonyl (C=O) groups excluding carboxylic acids is 4. The SMILES string of the molecule is O=C[C@H]1CCCC[C@@H]1OC(=O)CCCCCCC(=O)O[C@H]1CCCC[C@@H]1C=O. The van der Waals surface area contributed by atoms with E-state index in [9.17, 15) is 19.2 Å². The summed E-state index contributed by atoms with van der Waals surface area (Å²) in [7, 11) is 0. The second kappa shape index (κ2) is 12.7. The average Bonchev–Trinajstić information content (AvgIpc) is 2.71. The summed E-state index contributed by atoms with van der Waals surface area (Å²) < 4.78 is 10.9. The van der Waals surface area contributed by atoms with Crippen molar-refractivity contribution < 1.29 is 28.7 Å². The largest absolute Gasteiger partial charge is 0.462 e. The van der Waals surface area contributed by atoms with Gasteiger partial charge < -0.3 is 19.1 Å². The molecule has 2 fully saturated rings. The van der Waals surface area contributed by atoms with Crippen molar-refractivity contribution >= 4 is 24.5 Å². The van der Waals surface area contributed by atoms with E-state index in [1.807, 2.05) is 0 Å². The molecule has 0 aromatic rings. The van der Waals surface area contributed by atoms with E-state index in [2.05, 4.69) is 0 Å². The van der Waals surface area contributed by atoms with Crippen LogP contribution in [0.15, 0.2) is 0 Å². The van der Waals surface area contributed by atoms with E-state index in [0.717, 1.165) is 89.6 Å². The van der Waals surface area contributed by atoms with Crippen LogP contribution in [0.5, 0.6) is 0 Å². The van der Waals surface area contributed by atoms with Gasteiger partial charge in [0.25, 0.3) is 0 Å². The normalized spacial score (nSPS) is 27.6. The van der Waals surface area contributed by atoms with Gasteiger partial charge in [0.1, 0.15) is 24.8 Å². The van der Waals surface area contributed by atoms with Crippen LogP contribution in [-0.4, -0.2) is 36.7 Å². The van der Waals surface area contributed by atoms with Crippen LogP contribution in [0.3, 0.4) is 0 Å². The second-order valence-electron chi connectivity index (χ2n) is 8.14. The molecule has 6 heteroatoms. The van der Waals surface area contributed by atoms with Crippen LogP contribution in [-0.2, 0) is 28.7 Å². The lowest BCUT2D eigenvalue weighted by Gasteiger charge is -2.27. The molecule has 4 atom stereocenters. The zero-order valence-corrected chi connectivity index (χ0v) is 16.8. The van der Waals surface area contributed by atoms with Gasteiger partial charge in [0.15, 0.2) is 0 Å². The van der Waals surface area contributed by atoms with Gasteiger partial charge in [-0.3, -0.25) is 9.59 Å². The third kappa shape index (κ3) is 7.72. The molecule has 0 aliphatic heterocycles. The highest BCUT2D eigenvalue weighted by atomic mass is 16.5. The highest BCUT2D eigenvalue weighted by Crippen LogP contribution is 2.27. The second-order valence-corrected chi connectivity index (χ2v) is 8.14. The molecule has 2 saturated carbocycles. The zero-order chi connectivity index (χ0) is 20.2. The number of carbonyl (C=O) groups is 4. The quantitative estimate of drug-likeness (QED) is 0.300. The lowest BCUT2D eigenvalue weighted by molar-refractivity contribution is -0.155. The fourth-order valence-corrected chi connectivity index (χ4v) is 4.20. The van der Waals surface area contributed by atoms with Crippen molar-refractivity contribution in [3.63, 3.8) is 0 Å². The summed E-state index contributed by atoms with van der Waals surface area (Å²) in [5.74, 6) is -0.746. The van der Waals surface area contributed by atoms with Crippen molar-refractivity contribution in [2.45, 2.75) is 102 Å². The predicted octanol–water partition coefficient (Wildman–Crippen LogP) is 3.93. The van der Waals surface area contributed by atoms with E-state index in [4.69, 9.17) is 9.47 Å². The topological polar surface area (TPSA) is 86.7 Å². The lowest BCUT2D eigenvalue weighted by Crippen LogP contribution is -2.31. The van der Waals surface area contributed by atoms with Crippen molar-refractivity contribution in [3.8, 4) is 0 Å². The highest BCUT2D eigenvalue weighted by molar-refractivity contribution is 5.70. The molecule has 0 N–H and O–H groups in total. The summed E-state index contributed by atoms with van der Waals surface area (Å²) in [6.45, 7) is 0. The number of ether oxygens (including phenoxy) is 2. The van der Waals surface area contributed by atoms with Gasteiger partial charge in [0, 0.05) is 12.8 Å². The molecule has 0 radical (unpaired) electrons. The van der Waals surface area contributed by atoms with Gasteiger partial charge >= 0.3 is 11.9 Å². The van der Waals surface area contributed by atoms with E-state index < -0.39 is 0 Å². The first-order valence-corrected chi connectivity index (χ1v) is 10.9. The van der Waals surface area contributed by atoms with E-state index in [1.165, 1.54) is 0 Å². The number of hydrogen-bond donors (Lipinski definition) is 0. The van der Waals surface area contributed by atoms with Crippen LogP contribution in [0.1, 0.15) is 89.9 Å². The number of hydrogen-bond acceptors (Lipinski definition) is 6. The number of unbranched alkanes of at least 4 members (excludes halogenated alkanes) is 3. The average molecular weight is 395 g/mol. The van der Waals surface area contributed by atoms with Crippen molar-refractivity contribution in [2.75, 3.05) is 0 Å². The van der Waals surface area contributed by atoms with E-state index in [-0.39, 0.29) is 36.0 Å². The molecule has 0 heterocycles. The molecular formula is C22H34O6. The first-order chi connectivity index (χ1) is 13.6. The highest BCUT2D eigenvalue weighted by Gasteiger charge is 2.28. The maximum Gasteiger partial charge on any atom is 0.306 e. The van der Waals surface area contributed by atoms with E-state index in [0.29, 0.717) is 12.8 Å². The Labute approximate surface area is 167 Å². The van der Waals surface area contributed by atoms with Crippen molar-refractivity contribution in [1.82, 2.24) is 0 Å². The summed E-state index contributed by atoms with van der Waals surface area (Å²) in [4.78, 5) is 46.0. The molecule has 0 unspecified atom stereocenters. The Morgan fingerprint density at radius 3 is 1.43 bits per heavy atom. The Hall–Kier alpha value is -1.72. The summed E-state index contributed by atoms with van der Waals surface area (Å²) in [6.07, 6.45) is 12.5. The van der Waals surface area contributed by atoms with Gasteiger partial charge in [0.2, 0.25) is 0 Å². The van der Waals surface area contributed by atoms with Crippen LogP contribution in [0, 0.1) is 11.8 Å². The summed E-state index contributed by atoms with van der Waals surface area (Å²) >= 11 is 0. The third-order valence-corrected chi connectivity index (χ3v) is 5.93. The fourth-order valence-electron chi connectivity index (χ4n) is 4.20. The standard InChI is InChI=1S/C22H34O6/c23-15-17-9-5-7-11-19(17)27-21(25)13-3-1-2-4-14-22(26)28-20-12-8-6-10-18(20)16-24/h15-20H,1-14H2/t17-,18-,19+,20+/m1/s1. The minimum atomic E-state index is -0.247. The lowest BCUT2D eigenvalue weighted by atomic mass is 9.87. The predicted molar refractivity (Wildman–Crippen MR) is 104 cm³/mol. The fraction of sp³-hybridized carbons (Fsp3) is 0.818. The monoisotopic (exact) mass is 394 g/mol. The van der Waals surface area contributed by atoms with Gasteiger partial charge in [-0.1, -0.05) is 25.7 Å². The van der Waals surface area contributed by atoms with Crippen molar-refractivity contribution in [3.05, 3.63) is 0 Å². The Morgan fingerprint density at radius 1 is 0.643 bits per heavy atom. The van der Waals surface area contributed by atoms with E-state index in [1.54, 1.807) is 0 Å². The van der Waals surface area contributed by atoms with Gasteiger partial charge in [-0.15, -0.1) is 0 Å². The van der Waals surface area contributed by atoms with Crippen LogP contribution in [0.25, 0.3) is 0 Å². The van der Waals surface area contributed by atoms with E-state index >= 15 is 0 Å². The van der Waals surface area contributed by atoms with Crippen LogP contribution >= 0.6 is 0 Å². The Kier molecular flexibility index (Phi) is 10.2. The molecule has 0 saturated heterocycles. The molecule has 0 aromatic carbocycles. The molecule has 2 aliphatic rings. The maximum atomic E-state index is 12.0. The van der Waals surface area contributed by atoms with Crippen LogP contribution < -0.4 is 0 Å². The Morgan fingerprint density at radius 2 is 1.04 bits per heavy atom. The number of aldehydes is 2. The Bertz CT molecular complexity index is 471. The van der Waals surface area contributed by atoms with Gasteiger partial charge in [-0.2, -0.15) is 0 Å². The maximum absolute atomic E-state index is 12.0. The van der Waals surface area contributed by atoms with Crippen molar-refractivity contribution in [1.29, 1.82) is 0 Å². The molecule has 0 aromatic heterocycles. The summed E-state index contributed by atoms with van der Waals surface area (Å²) in [5, 5.41) is 0. The summed E-state index contributed by atoms with van der Waals surface area (Å²) in [5.41, 5.74) is 0. The van der Waals surface area contributed by atoms with Gasteiger partial charge in [0.05, 0.1) is 11.8 Å². The molecular weight excluding hydrogens is 360 g/mol. The van der Waals surface area contributed by atoms with Gasteiger partial charge in [-0.25, -0.2) is 0 Å². The molecule has 6 nitrogen and oxygen atoms in total. The molecule has 158 valence electrons. The smallest absolute Gasteiger partial charge is 0.306 e. The first-order valence-electron chi connectivity index (χ1n) is 10.9. The molecule has 2 aliphatic carbocycles. The third-order valence-electron chi connectivity index (χ3n) is 5.93. The molecule has 28 heavy (non-hydrogen) atoms.